The number of rotatable bonds is 3. The lowest BCUT2D eigenvalue weighted by Crippen LogP contribution is -2.47. The van der Waals surface area contributed by atoms with Crippen molar-refractivity contribution in [1.82, 2.24) is 26.1 Å². The van der Waals surface area contributed by atoms with Crippen molar-refractivity contribution in [1.29, 1.82) is 0 Å². The zero-order valence-corrected chi connectivity index (χ0v) is 18.8. The minimum absolute atomic E-state index is 0.110. The van der Waals surface area contributed by atoms with Crippen molar-refractivity contribution >= 4 is 29.3 Å². The Morgan fingerprint density at radius 3 is 2.88 bits per heavy atom. The number of nitrogens with zero attached hydrogens (tertiary/aromatic N) is 1. The number of hydrogen-bond acceptors (Lipinski definition) is 5. The van der Waals surface area contributed by atoms with Crippen molar-refractivity contribution < 1.29 is 19.1 Å². The molecule has 3 rings (SSSR count). The second-order valence-corrected chi connectivity index (χ2v) is 8.16. The molecule has 0 saturated carbocycles. The van der Waals surface area contributed by atoms with Gasteiger partial charge in [-0.3, -0.25) is 19.5 Å². The van der Waals surface area contributed by atoms with Gasteiger partial charge in [0.25, 0.3) is 5.91 Å². The SMILES string of the molecule is Cc1cc(CNC(=O)[C@@H]2CCC(=O)NCCCCCOc3ccc(Cl)cc3C(=O)N2)n[nH]1. The molecule has 2 heterocycles. The van der Waals surface area contributed by atoms with E-state index in [0.717, 1.165) is 25.0 Å². The number of halogens is 1. The van der Waals surface area contributed by atoms with Gasteiger partial charge in [-0.2, -0.15) is 5.10 Å². The molecule has 0 unspecified atom stereocenters. The molecule has 4 N–H and O–H groups in total. The van der Waals surface area contributed by atoms with Crippen molar-refractivity contribution in [3.8, 4) is 5.75 Å². The van der Waals surface area contributed by atoms with Crippen molar-refractivity contribution in [2.75, 3.05) is 13.2 Å². The van der Waals surface area contributed by atoms with Crippen LogP contribution in [0.4, 0.5) is 0 Å². The summed E-state index contributed by atoms with van der Waals surface area (Å²) in [6.07, 6.45) is 2.76. The Bertz CT molecular complexity index is 962. The lowest BCUT2D eigenvalue weighted by molar-refractivity contribution is -0.124. The molecule has 0 radical (unpaired) electrons. The predicted octanol–water partition coefficient (Wildman–Crippen LogP) is 2.25. The molecule has 32 heavy (non-hydrogen) atoms. The molecule has 1 aromatic heterocycles. The average molecular weight is 462 g/mol. The lowest BCUT2D eigenvalue weighted by atomic mass is 10.1. The van der Waals surface area contributed by atoms with Crippen molar-refractivity contribution in [3.63, 3.8) is 0 Å². The van der Waals surface area contributed by atoms with Crippen LogP contribution in [0.2, 0.25) is 5.02 Å². The molecule has 1 aliphatic heterocycles. The highest BCUT2D eigenvalue weighted by atomic mass is 35.5. The highest BCUT2D eigenvalue weighted by Crippen LogP contribution is 2.24. The quantitative estimate of drug-likeness (QED) is 0.557. The highest BCUT2D eigenvalue weighted by Gasteiger charge is 2.24. The third-order valence-electron chi connectivity index (χ3n) is 5.07. The zero-order valence-electron chi connectivity index (χ0n) is 18.0. The Morgan fingerprint density at radius 1 is 1.25 bits per heavy atom. The first kappa shape index (κ1) is 23.6. The maximum absolute atomic E-state index is 13.0. The molecular formula is C22H28ClN5O4. The van der Waals surface area contributed by atoms with Crippen molar-refractivity contribution in [3.05, 3.63) is 46.2 Å². The van der Waals surface area contributed by atoms with E-state index >= 15 is 0 Å². The fraction of sp³-hybridized carbons (Fsp3) is 0.455. The van der Waals surface area contributed by atoms with Crippen LogP contribution in [0.5, 0.6) is 5.75 Å². The molecule has 0 saturated heterocycles. The van der Waals surface area contributed by atoms with Crippen LogP contribution in [0, 0.1) is 6.92 Å². The van der Waals surface area contributed by atoms with Crippen molar-refractivity contribution in [2.24, 2.45) is 0 Å². The van der Waals surface area contributed by atoms with Crippen LogP contribution < -0.4 is 20.7 Å². The van der Waals surface area contributed by atoms with Gasteiger partial charge in [0.15, 0.2) is 0 Å². The second-order valence-electron chi connectivity index (χ2n) is 7.72. The maximum Gasteiger partial charge on any atom is 0.255 e. The summed E-state index contributed by atoms with van der Waals surface area (Å²) in [5.74, 6) is -0.647. The summed E-state index contributed by atoms with van der Waals surface area (Å²) in [4.78, 5) is 38.1. The maximum atomic E-state index is 13.0. The number of H-pyrrole nitrogens is 1. The van der Waals surface area contributed by atoms with Crippen LogP contribution in [0.1, 0.15) is 53.8 Å². The summed E-state index contributed by atoms with van der Waals surface area (Å²) < 4.78 is 5.79. The van der Waals surface area contributed by atoms with Gasteiger partial charge in [0.1, 0.15) is 11.8 Å². The van der Waals surface area contributed by atoms with E-state index in [0.29, 0.717) is 29.6 Å². The van der Waals surface area contributed by atoms with Crippen LogP contribution in [0.3, 0.4) is 0 Å². The Balaban J connectivity index is 1.77. The van der Waals surface area contributed by atoms with E-state index < -0.39 is 17.9 Å². The van der Waals surface area contributed by atoms with Crippen LogP contribution in [0.25, 0.3) is 0 Å². The number of ether oxygens (including phenoxy) is 1. The highest BCUT2D eigenvalue weighted by molar-refractivity contribution is 6.31. The largest absolute Gasteiger partial charge is 0.493 e. The summed E-state index contributed by atoms with van der Waals surface area (Å²) in [7, 11) is 0. The molecule has 0 fully saturated rings. The number of carbonyl (C=O) groups is 3. The molecule has 0 aliphatic carbocycles. The van der Waals surface area contributed by atoms with Crippen LogP contribution in [-0.2, 0) is 16.1 Å². The number of nitrogens with one attached hydrogen (secondary N) is 4. The van der Waals surface area contributed by atoms with E-state index in [-0.39, 0.29) is 30.9 Å². The van der Waals surface area contributed by atoms with E-state index in [9.17, 15) is 14.4 Å². The Hall–Kier alpha value is -3.07. The fourth-order valence-corrected chi connectivity index (χ4v) is 3.53. The van der Waals surface area contributed by atoms with Gasteiger partial charge in [-0.1, -0.05) is 11.6 Å². The van der Waals surface area contributed by atoms with Crippen LogP contribution >= 0.6 is 11.6 Å². The van der Waals surface area contributed by atoms with Gasteiger partial charge in [0.2, 0.25) is 11.8 Å². The Kier molecular flexibility index (Phi) is 8.49. The van der Waals surface area contributed by atoms with E-state index in [1.807, 2.05) is 13.0 Å². The molecule has 172 valence electrons. The molecule has 1 aliphatic rings. The van der Waals surface area contributed by atoms with Gasteiger partial charge in [0.05, 0.1) is 24.4 Å². The summed E-state index contributed by atoms with van der Waals surface area (Å²) in [6.45, 7) is 3.06. The summed E-state index contributed by atoms with van der Waals surface area (Å²) in [6, 6.07) is 5.72. The molecule has 1 atom stereocenters. The predicted molar refractivity (Wildman–Crippen MR) is 119 cm³/mol. The number of aromatic amines is 1. The smallest absolute Gasteiger partial charge is 0.255 e. The van der Waals surface area contributed by atoms with E-state index in [1.165, 1.54) is 6.07 Å². The molecule has 0 bridgehead atoms. The average Bonchev–Trinajstić information content (AvgIpc) is 3.19. The van der Waals surface area contributed by atoms with Gasteiger partial charge in [0, 0.05) is 23.7 Å². The topological polar surface area (TPSA) is 125 Å². The number of hydrogen-bond donors (Lipinski definition) is 4. The van der Waals surface area contributed by atoms with Gasteiger partial charge in [-0.05, 0) is 56.9 Å². The molecule has 9 nitrogen and oxygen atoms in total. The molecule has 0 spiro atoms. The lowest BCUT2D eigenvalue weighted by Gasteiger charge is -2.19. The summed E-state index contributed by atoms with van der Waals surface area (Å²) >= 11 is 6.10. The molecule has 10 heteroatoms. The summed E-state index contributed by atoms with van der Waals surface area (Å²) in [5.41, 5.74) is 1.79. The number of aryl methyl sites for hydroxylation is 1. The zero-order chi connectivity index (χ0) is 22.9. The normalized spacial score (nSPS) is 18.2. The van der Waals surface area contributed by atoms with Gasteiger partial charge < -0.3 is 20.7 Å². The third-order valence-corrected chi connectivity index (χ3v) is 5.31. The third kappa shape index (κ3) is 6.98. The first-order chi connectivity index (χ1) is 15.4. The Morgan fingerprint density at radius 2 is 2.09 bits per heavy atom. The monoisotopic (exact) mass is 461 g/mol. The first-order valence-electron chi connectivity index (χ1n) is 10.7. The fourth-order valence-electron chi connectivity index (χ4n) is 3.35. The molecular weight excluding hydrogens is 434 g/mol. The van der Waals surface area contributed by atoms with E-state index in [4.69, 9.17) is 16.3 Å². The number of benzene rings is 1. The van der Waals surface area contributed by atoms with E-state index in [1.54, 1.807) is 12.1 Å². The molecule has 2 aromatic rings. The van der Waals surface area contributed by atoms with Crippen molar-refractivity contribution in [2.45, 2.75) is 51.6 Å². The van der Waals surface area contributed by atoms with Gasteiger partial charge in [-0.15, -0.1) is 0 Å². The molecule has 3 amide bonds. The number of carbonyl (C=O) groups excluding carboxylic acids is 3. The van der Waals surface area contributed by atoms with Crippen LogP contribution in [0.15, 0.2) is 24.3 Å². The second kappa shape index (κ2) is 11.5. The minimum Gasteiger partial charge on any atom is -0.493 e. The minimum atomic E-state index is -0.912. The number of aromatic nitrogens is 2. The van der Waals surface area contributed by atoms with Gasteiger partial charge >= 0.3 is 0 Å². The number of amides is 3. The Labute approximate surface area is 191 Å². The van der Waals surface area contributed by atoms with Crippen LogP contribution in [-0.4, -0.2) is 47.1 Å². The number of fused-ring (bicyclic) bond motifs is 1. The van der Waals surface area contributed by atoms with Gasteiger partial charge in [-0.25, -0.2) is 0 Å². The molecule has 1 aromatic carbocycles. The first-order valence-corrected chi connectivity index (χ1v) is 11.1. The standard InChI is InChI=1S/C22H28ClN5O4/c1-14-11-16(28-27-14)13-25-22(31)18-6-8-20(29)24-9-3-2-4-10-32-19-7-5-15(23)12-17(19)21(30)26-18/h5,7,11-12,18H,2-4,6,8-10,13H2,1H3,(H,24,29)(H,25,31)(H,26,30)(H,27,28)/t18-/m0/s1. The van der Waals surface area contributed by atoms with E-state index in [2.05, 4.69) is 26.1 Å². The summed E-state index contributed by atoms with van der Waals surface area (Å²) in [5, 5.41) is 15.6.